The standard InChI is InChI=1S/C25H22F2N4O3S/c1-16-6-5-13-28-22(16)31-23(33)19-7-3-4-8-20(19)29-25(31)35-15-21(32)30(2)14-17-9-11-18(12-10-17)34-24(26)27/h3-13,24H,14-15H2,1-2H3. The monoisotopic (exact) mass is 496 g/mol. The number of carbonyl (C=O) groups is 1. The van der Waals surface area contributed by atoms with Crippen LogP contribution in [-0.2, 0) is 11.3 Å². The first kappa shape index (κ1) is 24.3. The number of aromatic nitrogens is 3. The van der Waals surface area contributed by atoms with Crippen LogP contribution in [0.2, 0.25) is 0 Å². The molecule has 0 aliphatic carbocycles. The van der Waals surface area contributed by atoms with Gasteiger partial charge in [0.25, 0.3) is 5.56 Å². The second-order valence-electron chi connectivity index (χ2n) is 7.76. The van der Waals surface area contributed by atoms with Gasteiger partial charge in [-0.3, -0.25) is 9.59 Å². The van der Waals surface area contributed by atoms with E-state index in [-0.39, 0.29) is 29.5 Å². The summed E-state index contributed by atoms with van der Waals surface area (Å²) in [6.45, 7) is -0.751. The van der Waals surface area contributed by atoms with Crippen LogP contribution >= 0.6 is 11.8 Å². The molecule has 0 N–H and O–H groups in total. The zero-order valence-electron chi connectivity index (χ0n) is 19.0. The van der Waals surface area contributed by atoms with Crippen LogP contribution < -0.4 is 10.3 Å². The molecule has 4 rings (SSSR count). The Morgan fingerprint density at radius 1 is 1.11 bits per heavy atom. The largest absolute Gasteiger partial charge is 0.435 e. The molecule has 0 atom stereocenters. The maximum Gasteiger partial charge on any atom is 0.387 e. The van der Waals surface area contributed by atoms with Crippen LogP contribution in [-0.4, -0.2) is 44.8 Å². The van der Waals surface area contributed by atoms with Crippen molar-refractivity contribution in [2.75, 3.05) is 12.8 Å². The number of pyridine rings is 1. The minimum absolute atomic E-state index is 0.0414. The summed E-state index contributed by atoms with van der Waals surface area (Å²) >= 11 is 1.15. The fraction of sp³-hybridized carbons (Fsp3) is 0.200. The van der Waals surface area contributed by atoms with Gasteiger partial charge >= 0.3 is 6.61 Å². The van der Waals surface area contributed by atoms with Crippen LogP contribution in [0.15, 0.2) is 76.8 Å². The summed E-state index contributed by atoms with van der Waals surface area (Å²) in [5, 5.41) is 0.829. The maximum absolute atomic E-state index is 13.3. The molecular weight excluding hydrogens is 474 g/mol. The highest BCUT2D eigenvalue weighted by atomic mass is 32.2. The zero-order chi connectivity index (χ0) is 24.9. The Hall–Kier alpha value is -3.79. The summed E-state index contributed by atoms with van der Waals surface area (Å²) in [6, 6.07) is 16.8. The molecule has 10 heteroatoms. The minimum Gasteiger partial charge on any atom is -0.435 e. The molecule has 4 aromatic rings. The molecule has 0 aliphatic rings. The predicted octanol–water partition coefficient (Wildman–Crippen LogP) is 4.44. The molecule has 0 saturated carbocycles. The smallest absolute Gasteiger partial charge is 0.387 e. The van der Waals surface area contributed by atoms with E-state index in [1.165, 1.54) is 21.6 Å². The second kappa shape index (κ2) is 10.6. The van der Waals surface area contributed by atoms with Gasteiger partial charge in [0, 0.05) is 19.8 Å². The lowest BCUT2D eigenvalue weighted by atomic mass is 10.2. The molecule has 0 bridgehead atoms. The quantitative estimate of drug-likeness (QED) is 0.265. The van der Waals surface area contributed by atoms with Crippen molar-refractivity contribution in [3.63, 3.8) is 0 Å². The summed E-state index contributed by atoms with van der Waals surface area (Å²) in [4.78, 5) is 36.7. The van der Waals surface area contributed by atoms with E-state index >= 15 is 0 Å². The van der Waals surface area contributed by atoms with E-state index < -0.39 is 6.61 Å². The number of fused-ring (bicyclic) bond motifs is 1. The lowest BCUT2D eigenvalue weighted by molar-refractivity contribution is -0.127. The van der Waals surface area contributed by atoms with Gasteiger partial charge in [-0.15, -0.1) is 0 Å². The van der Waals surface area contributed by atoms with Crippen molar-refractivity contribution >= 4 is 28.6 Å². The normalized spacial score (nSPS) is 11.1. The Morgan fingerprint density at radius 2 is 1.86 bits per heavy atom. The fourth-order valence-corrected chi connectivity index (χ4v) is 4.42. The molecule has 0 aliphatic heterocycles. The summed E-state index contributed by atoms with van der Waals surface area (Å²) in [6.07, 6.45) is 1.61. The van der Waals surface area contributed by atoms with E-state index in [0.29, 0.717) is 21.9 Å². The van der Waals surface area contributed by atoms with Crippen molar-refractivity contribution in [1.82, 2.24) is 19.4 Å². The van der Waals surface area contributed by atoms with Gasteiger partial charge in [0.1, 0.15) is 11.6 Å². The Balaban J connectivity index is 1.54. The molecule has 7 nitrogen and oxygen atoms in total. The van der Waals surface area contributed by atoms with Crippen LogP contribution in [0, 0.1) is 6.92 Å². The maximum atomic E-state index is 13.3. The van der Waals surface area contributed by atoms with Crippen molar-refractivity contribution in [1.29, 1.82) is 0 Å². The molecule has 180 valence electrons. The van der Waals surface area contributed by atoms with Crippen molar-refractivity contribution in [3.8, 4) is 11.6 Å². The lowest BCUT2D eigenvalue weighted by Gasteiger charge is -2.18. The number of halogens is 2. The number of rotatable bonds is 8. The Labute approximate surface area is 204 Å². The number of amides is 1. The van der Waals surface area contributed by atoms with Gasteiger partial charge in [-0.25, -0.2) is 14.5 Å². The van der Waals surface area contributed by atoms with Crippen LogP contribution in [0.25, 0.3) is 16.7 Å². The van der Waals surface area contributed by atoms with Crippen molar-refractivity contribution in [2.24, 2.45) is 0 Å². The van der Waals surface area contributed by atoms with Gasteiger partial charge in [-0.1, -0.05) is 42.1 Å². The molecule has 1 amide bonds. The highest BCUT2D eigenvalue weighted by Crippen LogP contribution is 2.23. The predicted molar refractivity (Wildman–Crippen MR) is 130 cm³/mol. The number of alkyl halides is 2. The minimum atomic E-state index is -2.89. The number of thioether (sulfide) groups is 1. The van der Waals surface area contributed by atoms with E-state index in [9.17, 15) is 18.4 Å². The first-order valence-electron chi connectivity index (χ1n) is 10.7. The summed E-state index contributed by atoms with van der Waals surface area (Å²) in [5.74, 6) is 0.373. The molecule has 0 radical (unpaired) electrons. The average molecular weight is 497 g/mol. The third kappa shape index (κ3) is 5.65. The van der Waals surface area contributed by atoms with Crippen LogP contribution in [0.3, 0.4) is 0 Å². The summed E-state index contributed by atoms with van der Waals surface area (Å²) in [7, 11) is 1.65. The molecule has 0 saturated heterocycles. The first-order chi connectivity index (χ1) is 16.8. The number of hydrogen-bond acceptors (Lipinski definition) is 6. The van der Waals surface area contributed by atoms with Crippen molar-refractivity contribution < 1.29 is 18.3 Å². The van der Waals surface area contributed by atoms with Crippen LogP contribution in [0.5, 0.6) is 5.75 Å². The molecule has 2 aromatic heterocycles. The number of ether oxygens (including phenoxy) is 1. The van der Waals surface area contributed by atoms with Crippen molar-refractivity contribution in [2.45, 2.75) is 25.2 Å². The number of carbonyl (C=O) groups excluding carboxylic acids is 1. The average Bonchev–Trinajstić information content (AvgIpc) is 2.84. The molecular formula is C25H22F2N4O3S. The molecule has 2 heterocycles. The van der Waals surface area contributed by atoms with E-state index in [0.717, 1.165) is 22.9 Å². The summed E-state index contributed by atoms with van der Waals surface area (Å²) < 4.78 is 30.4. The third-order valence-electron chi connectivity index (χ3n) is 5.26. The molecule has 0 spiro atoms. The Bertz CT molecular complexity index is 1410. The number of nitrogens with zero attached hydrogens (tertiary/aromatic N) is 4. The van der Waals surface area contributed by atoms with Crippen LogP contribution in [0.1, 0.15) is 11.1 Å². The Morgan fingerprint density at radius 3 is 2.57 bits per heavy atom. The first-order valence-corrected chi connectivity index (χ1v) is 11.7. The molecule has 0 unspecified atom stereocenters. The van der Waals surface area contributed by atoms with E-state index in [1.807, 2.05) is 13.0 Å². The molecule has 35 heavy (non-hydrogen) atoms. The summed E-state index contributed by atoms with van der Waals surface area (Å²) in [5.41, 5.74) is 1.84. The van der Waals surface area contributed by atoms with Gasteiger partial charge in [0.05, 0.1) is 16.7 Å². The highest BCUT2D eigenvalue weighted by molar-refractivity contribution is 7.99. The number of para-hydroxylation sites is 1. The SMILES string of the molecule is Cc1cccnc1-n1c(SCC(=O)N(C)Cc2ccc(OC(F)F)cc2)nc2ccccc2c1=O. The van der Waals surface area contributed by atoms with Gasteiger partial charge in [0.2, 0.25) is 5.91 Å². The van der Waals surface area contributed by atoms with Gasteiger partial charge in [0.15, 0.2) is 5.16 Å². The van der Waals surface area contributed by atoms with Gasteiger partial charge < -0.3 is 9.64 Å². The zero-order valence-corrected chi connectivity index (χ0v) is 19.8. The third-order valence-corrected chi connectivity index (χ3v) is 6.18. The van der Waals surface area contributed by atoms with E-state index in [1.54, 1.807) is 55.7 Å². The number of hydrogen-bond donors (Lipinski definition) is 0. The Kier molecular flexibility index (Phi) is 7.40. The lowest BCUT2D eigenvalue weighted by Crippen LogP contribution is -2.29. The van der Waals surface area contributed by atoms with E-state index in [2.05, 4.69) is 14.7 Å². The highest BCUT2D eigenvalue weighted by Gasteiger charge is 2.18. The van der Waals surface area contributed by atoms with Crippen molar-refractivity contribution in [3.05, 3.63) is 88.3 Å². The number of aryl methyl sites for hydroxylation is 1. The van der Waals surface area contributed by atoms with E-state index in [4.69, 9.17) is 0 Å². The number of benzene rings is 2. The van der Waals surface area contributed by atoms with Crippen LogP contribution in [0.4, 0.5) is 8.78 Å². The topological polar surface area (TPSA) is 77.3 Å². The molecule has 2 aromatic carbocycles. The molecule has 0 fully saturated rings. The fourth-order valence-electron chi connectivity index (χ4n) is 3.48. The second-order valence-corrected chi connectivity index (χ2v) is 8.70. The van der Waals surface area contributed by atoms with Gasteiger partial charge in [-0.2, -0.15) is 8.78 Å². The van der Waals surface area contributed by atoms with Gasteiger partial charge in [-0.05, 0) is 48.4 Å².